The third-order valence-electron chi connectivity index (χ3n) is 2.12. The molecule has 2 atom stereocenters. The Kier molecular flexibility index (Phi) is 6.37. The fourth-order valence-corrected chi connectivity index (χ4v) is 4.56. The molecule has 0 rings (SSSR count). The minimum absolute atomic E-state index is 0.540. The molecule has 0 fully saturated rings. The van der Waals surface area contributed by atoms with Crippen LogP contribution in [-0.4, -0.2) is 59.1 Å². The van der Waals surface area contributed by atoms with Crippen LogP contribution < -0.4 is 0 Å². The van der Waals surface area contributed by atoms with Crippen molar-refractivity contribution in [2.75, 3.05) is 0 Å². The predicted molar refractivity (Wildman–Crippen MR) is 72.2 cm³/mol. The standard InChI is InChI=1S/C8H8N2O8S3/c9-3-1-7(5-11,20(13,14)15)19-8(6-12,2-4-10)21(16,17)18/h9-10H,1-2H2,(H,13,14,15)(H,16,17,18). The molecular weight excluding hydrogens is 348 g/mol. The van der Waals surface area contributed by atoms with Crippen molar-refractivity contribution in [3.8, 4) is 0 Å². The van der Waals surface area contributed by atoms with Crippen molar-refractivity contribution < 1.29 is 35.5 Å². The van der Waals surface area contributed by atoms with Crippen LogP contribution in [-0.2, 0) is 29.8 Å². The summed E-state index contributed by atoms with van der Waals surface area (Å²) in [6, 6.07) is 0. The van der Waals surface area contributed by atoms with Gasteiger partial charge in [-0.1, -0.05) is 11.8 Å². The fourth-order valence-electron chi connectivity index (χ4n) is 1.08. The Morgan fingerprint density at radius 2 is 1.14 bits per heavy atom. The van der Waals surface area contributed by atoms with E-state index >= 15 is 0 Å². The molecule has 0 aliphatic rings. The van der Waals surface area contributed by atoms with Gasteiger partial charge in [0.2, 0.25) is 20.7 Å². The highest BCUT2D eigenvalue weighted by Crippen LogP contribution is 2.44. The number of hydrogen-bond acceptors (Lipinski definition) is 9. The van der Waals surface area contributed by atoms with Gasteiger partial charge in [-0.3, -0.25) is 18.7 Å². The van der Waals surface area contributed by atoms with E-state index in [0.717, 1.165) is 12.6 Å². The Balaban J connectivity index is 6.32. The lowest BCUT2D eigenvalue weighted by molar-refractivity contribution is 0.466. The van der Waals surface area contributed by atoms with Gasteiger partial charge in [0.15, 0.2) is 0 Å². The Hall–Kier alpha value is -1.15. The molecule has 0 bridgehead atoms. The Labute approximate surface area is 124 Å². The van der Waals surface area contributed by atoms with Crippen molar-refractivity contribution >= 4 is 57.0 Å². The van der Waals surface area contributed by atoms with Crippen LogP contribution in [0.2, 0.25) is 0 Å². The van der Waals surface area contributed by atoms with E-state index < -0.39 is 53.0 Å². The third-order valence-corrected chi connectivity index (χ3v) is 7.12. The predicted octanol–water partition coefficient (Wildman–Crippen LogP) is -1.06. The molecule has 0 amide bonds. The van der Waals surface area contributed by atoms with Crippen molar-refractivity contribution in [1.29, 1.82) is 10.8 Å². The summed E-state index contributed by atoms with van der Waals surface area (Å²) < 4.78 is 57.0. The van der Waals surface area contributed by atoms with E-state index in [2.05, 4.69) is 0 Å². The lowest BCUT2D eigenvalue weighted by Gasteiger charge is -2.29. The monoisotopic (exact) mass is 356 g/mol. The lowest BCUT2D eigenvalue weighted by atomic mass is 10.3. The summed E-state index contributed by atoms with van der Waals surface area (Å²) >= 11 is -0.540. The number of thioether (sulfide) groups is 1. The molecule has 0 aliphatic carbocycles. The molecule has 116 valence electrons. The summed E-state index contributed by atoms with van der Waals surface area (Å²) in [6.07, 6.45) is 2.26. The summed E-state index contributed by atoms with van der Waals surface area (Å²) in [7, 11) is -10.7. The van der Waals surface area contributed by atoms with Crippen LogP contribution in [0, 0.1) is 10.8 Å². The summed E-state index contributed by atoms with van der Waals surface area (Å²) in [5.74, 6) is 0. The van der Waals surface area contributed by atoms with Crippen molar-refractivity contribution in [1.82, 2.24) is 0 Å². The lowest BCUT2D eigenvalue weighted by Crippen LogP contribution is -2.47. The largest absolute Gasteiger partial charge is 0.303 e. The number of carbonyl (C=O) groups excluding carboxylic acids is 2. The van der Waals surface area contributed by atoms with Gasteiger partial charge < -0.3 is 10.8 Å². The first-order valence-electron chi connectivity index (χ1n) is 4.67. The molecule has 0 aromatic rings. The molecule has 21 heavy (non-hydrogen) atoms. The molecule has 4 radical (unpaired) electrons. The van der Waals surface area contributed by atoms with E-state index in [4.69, 9.17) is 19.9 Å². The smallest absolute Gasteiger partial charge is 0.288 e. The minimum Gasteiger partial charge on any atom is -0.303 e. The maximum absolute atomic E-state index is 11.3. The molecule has 0 spiro atoms. The highest BCUT2D eigenvalue weighted by Gasteiger charge is 2.57. The first-order chi connectivity index (χ1) is 9.45. The average molecular weight is 356 g/mol. The van der Waals surface area contributed by atoms with Crippen LogP contribution in [0.4, 0.5) is 0 Å². The number of rotatable bonds is 10. The molecule has 0 saturated carbocycles. The van der Waals surface area contributed by atoms with Crippen molar-refractivity contribution in [2.45, 2.75) is 21.0 Å². The van der Waals surface area contributed by atoms with Gasteiger partial charge in [0.05, 0.1) is 12.4 Å². The van der Waals surface area contributed by atoms with Gasteiger partial charge in [-0.05, 0) is 0 Å². The Morgan fingerprint density at radius 3 is 1.29 bits per heavy atom. The normalized spacial score (nSPS) is 18.0. The van der Waals surface area contributed by atoms with Gasteiger partial charge >= 0.3 is 0 Å². The first-order valence-corrected chi connectivity index (χ1v) is 8.37. The average Bonchev–Trinajstić information content (AvgIpc) is 2.34. The van der Waals surface area contributed by atoms with E-state index in [0.29, 0.717) is 0 Å². The molecule has 2 unspecified atom stereocenters. The molecule has 0 aromatic carbocycles. The van der Waals surface area contributed by atoms with E-state index in [1.54, 1.807) is 0 Å². The highest BCUT2D eigenvalue weighted by molar-refractivity contribution is 8.21. The zero-order valence-corrected chi connectivity index (χ0v) is 12.4. The van der Waals surface area contributed by atoms with Crippen LogP contribution in [0.5, 0.6) is 0 Å². The second kappa shape index (κ2) is 6.74. The van der Waals surface area contributed by atoms with Gasteiger partial charge in [0.1, 0.15) is 0 Å². The van der Waals surface area contributed by atoms with Gasteiger partial charge in [-0.15, -0.1) is 0 Å². The Bertz CT molecular complexity index is 586. The van der Waals surface area contributed by atoms with Crippen molar-refractivity contribution in [3.63, 3.8) is 0 Å². The van der Waals surface area contributed by atoms with Gasteiger partial charge in [0.25, 0.3) is 20.2 Å². The second-order valence-electron chi connectivity index (χ2n) is 3.47. The topological polar surface area (TPSA) is 191 Å². The quantitative estimate of drug-likeness (QED) is 0.279. The van der Waals surface area contributed by atoms with Gasteiger partial charge in [0, 0.05) is 12.8 Å². The maximum atomic E-state index is 11.3. The fraction of sp³-hybridized carbons (Fsp3) is 0.500. The molecule has 4 N–H and O–H groups in total. The van der Waals surface area contributed by atoms with Crippen LogP contribution in [0.1, 0.15) is 12.8 Å². The maximum Gasteiger partial charge on any atom is 0.288 e. The summed E-state index contributed by atoms with van der Waals surface area (Å²) in [5, 5.41) is 13.4. The van der Waals surface area contributed by atoms with E-state index in [9.17, 15) is 26.4 Å². The highest BCUT2D eigenvalue weighted by atomic mass is 32.3. The molecule has 0 aromatic heterocycles. The zero-order valence-electron chi connectivity index (χ0n) is 9.98. The molecule has 0 aliphatic heterocycles. The van der Waals surface area contributed by atoms with E-state index in [1.165, 1.54) is 12.4 Å². The van der Waals surface area contributed by atoms with Crippen LogP contribution in [0.25, 0.3) is 0 Å². The van der Waals surface area contributed by atoms with Crippen molar-refractivity contribution in [3.05, 3.63) is 0 Å². The summed E-state index contributed by atoms with van der Waals surface area (Å²) in [6.45, 7) is 0. The van der Waals surface area contributed by atoms with Gasteiger partial charge in [-0.2, -0.15) is 16.8 Å². The first kappa shape index (κ1) is 19.9. The molecule has 13 heteroatoms. The third kappa shape index (κ3) is 3.94. The van der Waals surface area contributed by atoms with E-state index in [-0.39, 0.29) is 0 Å². The summed E-state index contributed by atoms with van der Waals surface area (Å²) in [4.78, 5) is 21.8. The molecular formula is C8H8N2O8S3. The van der Waals surface area contributed by atoms with Gasteiger partial charge in [-0.25, -0.2) is 0 Å². The van der Waals surface area contributed by atoms with E-state index in [1.807, 2.05) is 0 Å². The number of hydrogen-bond donors (Lipinski definition) is 4. The minimum atomic E-state index is -5.35. The van der Waals surface area contributed by atoms with Crippen LogP contribution >= 0.6 is 11.8 Å². The Morgan fingerprint density at radius 1 is 0.857 bits per heavy atom. The molecule has 0 heterocycles. The van der Waals surface area contributed by atoms with Crippen LogP contribution in [0.15, 0.2) is 0 Å². The second-order valence-corrected chi connectivity index (χ2v) is 8.88. The molecule has 0 saturated heterocycles. The molecule has 10 nitrogen and oxygen atoms in total. The summed E-state index contributed by atoms with van der Waals surface area (Å²) in [5.41, 5.74) is 0. The van der Waals surface area contributed by atoms with Crippen molar-refractivity contribution in [2.24, 2.45) is 0 Å². The van der Waals surface area contributed by atoms with Crippen LogP contribution in [0.3, 0.4) is 0 Å². The zero-order chi connectivity index (χ0) is 16.9. The number of nitrogens with one attached hydrogen (secondary N) is 2. The SMILES string of the molecule is N=[C]CC([C]=O)(SC([C]=O)(C[C]=N)S(=O)(=O)O)S(=O)(=O)O.